The number of hydrogen-bond donors (Lipinski definition) is 0. The van der Waals surface area contributed by atoms with Gasteiger partial charge in [-0.2, -0.15) is 8.42 Å². The molecule has 23 heavy (non-hydrogen) atoms. The molecular weight excluding hydrogens is 346 g/mol. The van der Waals surface area contributed by atoms with Crippen molar-refractivity contribution in [2.75, 3.05) is 6.61 Å². The SMILES string of the molecule is CCOC(=O)C(O/C(C)=N/S(=O)(=O)c1ccc(Cl)cc1)C(C)=O. The molecule has 0 bridgehead atoms. The second-order valence-corrected chi connectivity index (χ2v) is 6.44. The highest BCUT2D eigenvalue weighted by atomic mass is 35.5. The van der Waals surface area contributed by atoms with Crippen molar-refractivity contribution in [1.29, 1.82) is 0 Å². The van der Waals surface area contributed by atoms with Crippen molar-refractivity contribution in [2.45, 2.75) is 31.8 Å². The van der Waals surface area contributed by atoms with E-state index in [0.717, 1.165) is 6.92 Å². The molecule has 0 aliphatic carbocycles. The van der Waals surface area contributed by atoms with E-state index in [2.05, 4.69) is 4.40 Å². The first-order valence-electron chi connectivity index (χ1n) is 6.58. The Bertz CT molecular complexity index is 711. The maximum atomic E-state index is 12.1. The monoisotopic (exact) mass is 361 g/mol. The second kappa shape index (κ2) is 8.07. The third-order valence-corrected chi connectivity index (χ3v) is 4.14. The fourth-order valence-electron chi connectivity index (χ4n) is 1.54. The van der Waals surface area contributed by atoms with E-state index in [1.54, 1.807) is 6.92 Å². The van der Waals surface area contributed by atoms with Crippen LogP contribution in [0.1, 0.15) is 20.8 Å². The second-order valence-electron chi connectivity index (χ2n) is 4.40. The van der Waals surface area contributed by atoms with Gasteiger partial charge in [0.05, 0.1) is 11.5 Å². The zero-order chi connectivity index (χ0) is 17.6. The van der Waals surface area contributed by atoms with Gasteiger partial charge in [0.25, 0.3) is 16.1 Å². The molecule has 1 unspecified atom stereocenters. The van der Waals surface area contributed by atoms with Crippen LogP contribution in [0.3, 0.4) is 0 Å². The largest absolute Gasteiger partial charge is 0.463 e. The molecule has 0 saturated carbocycles. The molecule has 1 aromatic rings. The molecular formula is C14H16ClNO6S. The molecule has 0 amide bonds. The third kappa shape index (κ3) is 5.65. The predicted octanol–water partition coefficient (Wildman–Crippen LogP) is 1.98. The van der Waals surface area contributed by atoms with Crippen molar-refractivity contribution in [1.82, 2.24) is 0 Å². The van der Waals surface area contributed by atoms with Crippen LogP contribution in [-0.2, 0) is 29.1 Å². The first-order valence-corrected chi connectivity index (χ1v) is 8.40. The Labute approximate surface area is 139 Å². The highest BCUT2D eigenvalue weighted by Gasteiger charge is 2.28. The van der Waals surface area contributed by atoms with Crippen LogP contribution in [0.4, 0.5) is 0 Å². The zero-order valence-corrected chi connectivity index (χ0v) is 14.3. The number of sulfonamides is 1. The van der Waals surface area contributed by atoms with E-state index >= 15 is 0 Å². The number of ketones is 1. The van der Waals surface area contributed by atoms with Crippen LogP contribution in [0, 0.1) is 0 Å². The molecule has 0 saturated heterocycles. The van der Waals surface area contributed by atoms with E-state index in [1.165, 1.54) is 31.2 Å². The van der Waals surface area contributed by atoms with Gasteiger partial charge in [-0.15, -0.1) is 4.40 Å². The minimum absolute atomic E-state index is 0.0608. The number of carbonyl (C=O) groups excluding carboxylic acids is 2. The van der Waals surface area contributed by atoms with Crippen molar-refractivity contribution in [3.05, 3.63) is 29.3 Å². The number of rotatable bonds is 6. The molecule has 0 heterocycles. The number of ether oxygens (including phenoxy) is 2. The standard InChI is InChI=1S/C14H16ClNO6S/c1-4-21-14(18)13(9(2)17)22-10(3)16-23(19,20)12-7-5-11(15)6-8-12/h5-8,13H,4H2,1-3H3/b16-10+. The summed E-state index contributed by atoms with van der Waals surface area (Å²) < 4.78 is 37.3. The Morgan fingerprint density at radius 3 is 2.26 bits per heavy atom. The summed E-state index contributed by atoms with van der Waals surface area (Å²) in [7, 11) is -4.04. The van der Waals surface area contributed by atoms with Crippen LogP contribution in [0.5, 0.6) is 0 Å². The van der Waals surface area contributed by atoms with Crippen LogP contribution in [-0.4, -0.2) is 38.8 Å². The lowest BCUT2D eigenvalue weighted by molar-refractivity contribution is -0.155. The molecule has 7 nitrogen and oxygen atoms in total. The number of benzene rings is 1. The Balaban J connectivity index is 2.99. The number of esters is 1. The van der Waals surface area contributed by atoms with Gasteiger partial charge in [-0.25, -0.2) is 4.79 Å². The average Bonchev–Trinajstić information content (AvgIpc) is 2.44. The van der Waals surface area contributed by atoms with Gasteiger partial charge >= 0.3 is 5.97 Å². The van der Waals surface area contributed by atoms with Gasteiger partial charge in [0, 0.05) is 11.9 Å². The van der Waals surface area contributed by atoms with E-state index in [0.29, 0.717) is 5.02 Å². The first-order chi connectivity index (χ1) is 10.7. The van der Waals surface area contributed by atoms with E-state index in [-0.39, 0.29) is 17.4 Å². The van der Waals surface area contributed by atoms with Crippen molar-refractivity contribution in [3.63, 3.8) is 0 Å². The summed E-state index contributed by atoms with van der Waals surface area (Å²) >= 11 is 5.69. The maximum Gasteiger partial charge on any atom is 0.355 e. The number of hydrogen-bond acceptors (Lipinski definition) is 6. The van der Waals surface area contributed by atoms with Gasteiger partial charge in [0.15, 0.2) is 11.7 Å². The molecule has 0 spiro atoms. The number of carbonyl (C=O) groups is 2. The summed E-state index contributed by atoms with van der Waals surface area (Å²) in [6, 6.07) is 5.36. The lowest BCUT2D eigenvalue weighted by Crippen LogP contribution is -2.34. The van der Waals surface area contributed by atoms with Crippen molar-refractivity contribution < 1.29 is 27.5 Å². The molecule has 1 rings (SSSR count). The van der Waals surface area contributed by atoms with E-state index in [4.69, 9.17) is 21.1 Å². The molecule has 126 valence electrons. The third-order valence-electron chi connectivity index (χ3n) is 2.52. The number of nitrogens with zero attached hydrogens (tertiary/aromatic N) is 1. The van der Waals surface area contributed by atoms with Crippen molar-refractivity contribution in [3.8, 4) is 0 Å². The number of Topliss-reactive ketones (excluding diaryl/α,β-unsaturated/α-hetero) is 1. The van der Waals surface area contributed by atoms with Crippen LogP contribution in [0.15, 0.2) is 33.6 Å². The predicted molar refractivity (Wildman–Crippen MR) is 83.9 cm³/mol. The van der Waals surface area contributed by atoms with E-state index in [9.17, 15) is 18.0 Å². The molecule has 9 heteroatoms. The number of halogens is 1. The molecule has 1 atom stereocenters. The van der Waals surface area contributed by atoms with Crippen molar-refractivity contribution >= 4 is 39.3 Å². The van der Waals surface area contributed by atoms with Gasteiger partial charge in [0.2, 0.25) is 0 Å². The lowest BCUT2D eigenvalue weighted by Gasteiger charge is -2.14. The van der Waals surface area contributed by atoms with Crippen LogP contribution in [0.2, 0.25) is 5.02 Å². The fraction of sp³-hybridized carbons (Fsp3) is 0.357. The Kier molecular flexibility index (Phi) is 6.71. The van der Waals surface area contributed by atoms with E-state index < -0.39 is 27.9 Å². The molecule has 1 aromatic carbocycles. The molecule has 0 N–H and O–H groups in total. The summed E-state index contributed by atoms with van der Waals surface area (Å²) in [6.07, 6.45) is -1.56. The maximum absolute atomic E-state index is 12.1. The summed E-state index contributed by atoms with van der Waals surface area (Å²) in [5.74, 6) is -1.88. The lowest BCUT2D eigenvalue weighted by atomic mass is 10.2. The van der Waals surface area contributed by atoms with Gasteiger partial charge in [-0.05, 0) is 38.1 Å². The van der Waals surface area contributed by atoms with Gasteiger partial charge in [0.1, 0.15) is 0 Å². The topological polar surface area (TPSA) is 99.1 Å². The Morgan fingerprint density at radius 1 is 1.22 bits per heavy atom. The van der Waals surface area contributed by atoms with E-state index in [1.807, 2.05) is 0 Å². The van der Waals surface area contributed by atoms with Crippen LogP contribution in [0.25, 0.3) is 0 Å². The fourth-order valence-corrected chi connectivity index (χ4v) is 2.63. The molecule has 0 aliphatic rings. The average molecular weight is 362 g/mol. The summed E-state index contributed by atoms with van der Waals surface area (Å²) in [5.41, 5.74) is 0. The Morgan fingerprint density at radius 2 is 1.78 bits per heavy atom. The zero-order valence-electron chi connectivity index (χ0n) is 12.8. The van der Waals surface area contributed by atoms with Crippen LogP contribution < -0.4 is 0 Å². The van der Waals surface area contributed by atoms with Gasteiger partial charge in [-0.3, -0.25) is 4.79 Å². The van der Waals surface area contributed by atoms with Gasteiger partial charge in [-0.1, -0.05) is 11.6 Å². The smallest absolute Gasteiger partial charge is 0.355 e. The minimum Gasteiger partial charge on any atom is -0.463 e. The highest BCUT2D eigenvalue weighted by Crippen LogP contribution is 2.16. The summed E-state index contributed by atoms with van der Waals surface area (Å²) in [6.45, 7) is 3.98. The minimum atomic E-state index is -4.04. The first kappa shape index (κ1) is 19.1. The molecule has 0 radical (unpaired) electrons. The normalized spacial score (nSPS) is 13.3. The van der Waals surface area contributed by atoms with Crippen molar-refractivity contribution in [2.24, 2.45) is 4.40 Å². The molecule has 0 fully saturated rings. The summed E-state index contributed by atoms with van der Waals surface area (Å²) in [5, 5.41) is 0.375. The van der Waals surface area contributed by atoms with Crippen LogP contribution >= 0.6 is 11.6 Å². The summed E-state index contributed by atoms with van der Waals surface area (Å²) in [4.78, 5) is 22.9. The quantitative estimate of drug-likeness (QED) is 0.332. The highest BCUT2D eigenvalue weighted by molar-refractivity contribution is 7.90. The van der Waals surface area contributed by atoms with Gasteiger partial charge < -0.3 is 9.47 Å². The Hall–Kier alpha value is -1.93. The molecule has 0 aromatic heterocycles. The molecule has 0 aliphatic heterocycles.